The van der Waals surface area contributed by atoms with E-state index in [1.54, 1.807) is 0 Å². The minimum absolute atomic E-state index is 0.439. The first-order chi connectivity index (χ1) is 16.9. The third kappa shape index (κ3) is 3.21. The van der Waals surface area contributed by atoms with Crippen molar-refractivity contribution in [3.8, 4) is 22.4 Å². The molecule has 2 aliphatic rings. The van der Waals surface area contributed by atoms with Gasteiger partial charge in [-0.15, -0.1) is 10.2 Å². The smallest absolute Gasteiger partial charge is 0.161 e. The maximum Gasteiger partial charge on any atom is 0.161 e. The number of pyridine rings is 2. The molecule has 3 N–H and O–H groups in total. The molecule has 0 bridgehead atoms. The van der Waals surface area contributed by atoms with Crippen LogP contribution in [0.3, 0.4) is 0 Å². The number of hydrogen-bond donors (Lipinski definition) is 2. The average molecular weight is 462 g/mol. The van der Waals surface area contributed by atoms with Crippen LogP contribution in [0.5, 0.6) is 0 Å². The summed E-state index contributed by atoms with van der Waals surface area (Å²) in [6.45, 7) is 1.96. The van der Waals surface area contributed by atoms with Crippen LogP contribution in [0.15, 0.2) is 72.8 Å². The quantitative estimate of drug-likeness (QED) is 0.393. The predicted molar refractivity (Wildman–Crippen MR) is 137 cm³/mol. The van der Waals surface area contributed by atoms with Gasteiger partial charge in [-0.05, 0) is 67.9 Å². The Balaban J connectivity index is 1.34. The molecule has 2 fully saturated rings. The van der Waals surface area contributed by atoms with Crippen LogP contribution >= 0.6 is 0 Å². The second-order valence-corrected chi connectivity index (χ2v) is 10.4. The average Bonchev–Trinajstić information content (AvgIpc) is 3.66. The van der Waals surface area contributed by atoms with Gasteiger partial charge in [-0.3, -0.25) is 4.40 Å². The Morgan fingerprint density at radius 3 is 2.37 bits per heavy atom. The molecule has 0 spiro atoms. The molecular weight excluding hydrogens is 434 g/mol. The maximum atomic E-state index is 10.8. The molecule has 0 radical (unpaired) electrons. The van der Waals surface area contributed by atoms with E-state index in [0.29, 0.717) is 18.8 Å². The molecule has 2 aliphatic carbocycles. The molecule has 3 heterocycles. The number of nitrogens with zero attached hydrogens (tertiary/aromatic N) is 4. The van der Waals surface area contributed by atoms with Crippen molar-refractivity contribution in [1.82, 2.24) is 19.6 Å². The summed E-state index contributed by atoms with van der Waals surface area (Å²) in [4.78, 5) is 5.13. The van der Waals surface area contributed by atoms with Gasteiger partial charge in [0.1, 0.15) is 5.82 Å². The van der Waals surface area contributed by atoms with E-state index in [4.69, 9.17) is 10.7 Å². The van der Waals surface area contributed by atoms with Gasteiger partial charge in [-0.2, -0.15) is 0 Å². The van der Waals surface area contributed by atoms with Gasteiger partial charge in [0.2, 0.25) is 0 Å². The molecule has 35 heavy (non-hydrogen) atoms. The number of nitrogens with two attached hydrogens (primary N) is 1. The van der Waals surface area contributed by atoms with Gasteiger partial charge in [-0.1, -0.05) is 54.6 Å². The van der Waals surface area contributed by atoms with E-state index in [1.807, 2.05) is 37.3 Å². The zero-order valence-corrected chi connectivity index (χ0v) is 19.6. The number of hydrogen-bond acceptors (Lipinski definition) is 5. The topological polar surface area (TPSA) is 89.3 Å². The third-order valence-electron chi connectivity index (χ3n) is 7.91. The van der Waals surface area contributed by atoms with Crippen LogP contribution in [-0.4, -0.2) is 30.3 Å². The van der Waals surface area contributed by atoms with Gasteiger partial charge in [0.05, 0.1) is 22.3 Å². The van der Waals surface area contributed by atoms with Crippen molar-refractivity contribution < 1.29 is 5.11 Å². The number of aliphatic hydroxyl groups is 1. The summed E-state index contributed by atoms with van der Waals surface area (Å²) in [5.41, 5.74) is 13.6. The standard InChI is InChI=1S/C29H27N5O/c1-18-32-33-26-14-13-24-25(34(18)26)15-23(19-5-3-2-4-6-19)27(31-24)20-7-9-21(10-8-20)28(30)16-29(35,17-28)22-11-12-22/h2-10,13-15,22,35H,11-12,16-17,30H2,1H3. The van der Waals surface area contributed by atoms with Crippen LogP contribution < -0.4 is 5.73 Å². The number of aromatic nitrogens is 4. The van der Waals surface area contributed by atoms with E-state index in [9.17, 15) is 5.11 Å². The molecule has 2 saturated carbocycles. The fraction of sp³-hybridized carbons (Fsp3) is 0.276. The highest BCUT2D eigenvalue weighted by Gasteiger charge is 2.58. The van der Waals surface area contributed by atoms with Crippen molar-refractivity contribution in [2.75, 3.05) is 0 Å². The Kier molecular flexibility index (Phi) is 4.26. The molecule has 0 aliphatic heterocycles. The molecule has 0 atom stereocenters. The summed E-state index contributed by atoms with van der Waals surface area (Å²) in [6.07, 6.45) is 3.54. The Morgan fingerprint density at radius 1 is 0.914 bits per heavy atom. The molecular formula is C29H27N5O. The summed E-state index contributed by atoms with van der Waals surface area (Å²) in [5.74, 6) is 1.28. The SMILES string of the molecule is Cc1nnc2ccc3nc(-c4ccc(C5(N)CC(O)(C6CC6)C5)cc4)c(-c4ccccc4)cc3n12. The van der Waals surface area contributed by atoms with Crippen LogP contribution in [0.2, 0.25) is 0 Å². The van der Waals surface area contributed by atoms with Crippen LogP contribution in [0.25, 0.3) is 39.1 Å². The lowest BCUT2D eigenvalue weighted by Gasteiger charge is -2.52. The molecule has 2 aromatic carbocycles. The van der Waals surface area contributed by atoms with E-state index >= 15 is 0 Å². The Labute approximate surface area is 203 Å². The molecule has 174 valence electrons. The van der Waals surface area contributed by atoms with Crippen molar-refractivity contribution >= 4 is 16.7 Å². The zero-order valence-electron chi connectivity index (χ0n) is 19.6. The fourth-order valence-corrected chi connectivity index (χ4v) is 5.93. The largest absolute Gasteiger partial charge is 0.389 e. The molecule has 0 amide bonds. The van der Waals surface area contributed by atoms with Crippen LogP contribution in [0, 0.1) is 12.8 Å². The van der Waals surface area contributed by atoms with Crippen molar-refractivity contribution in [2.45, 2.75) is 43.7 Å². The number of benzene rings is 2. The van der Waals surface area contributed by atoms with Gasteiger partial charge in [0.25, 0.3) is 0 Å². The molecule has 0 saturated heterocycles. The lowest BCUT2D eigenvalue weighted by molar-refractivity contribution is -0.106. The molecule has 6 heteroatoms. The van der Waals surface area contributed by atoms with E-state index in [0.717, 1.165) is 63.3 Å². The number of fused-ring (bicyclic) bond motifs is 3. The highest BCUT2D eigenvalue weighted by molar-refractivity contribution is 5.91. The van der Waals surface area contributed by atoms with Crippen LogP contribution in [0.4, 0.5) is 0 Å². The Hall–Kier alpha value is -3.61. The first kappa shape index (κ1) is 20.7. The predicted octanol–water partition coefficient (Wildman–Crippen LogP) is 5.01. The minimum Gasteiger partial charge on any atom is -0.389 e. The van der Waals surface area contributed by atoms with Gasteiger partial charge in [0.15, 0.2) is 5.65 Å². The van der Waals surface area contributed by atoms with E-state index in [-0.39, 0.29) is 0 Å². The lowest BCUT2D eigenvalue weighted by atomic mass is 9.60. The van der Waals surface area contributed by atoms with E-state index in [2.05, 4.69) is 57.1 Å². The van der Waals surface area contributed by atoms with Crippen molar-refractivity contribution in [3.05, 3.63) is 84.2 Å². The summed E-state index contributed by atoms with van der Waals surface area (Å²) in [7, 11) is 0. The van der Waals surface area contributed by atoms with Gasteiger partial charge >= 0.3 is 0 Å². The maximum absolute atomic E-state index is 10.8. The lowest BCUT2D eigenvalue weighted by Crippen LogP contribution is -2.60. The van der Waals surface area contributed by atoms with Crippen LogP contribution in [0.1, 0.15) is 37.1 Å². The first-order valence-electron chi connectivity index (χ1n) is 12.3. The molecule has 3 aromatic heterocycles. The van der Waals surface area contributed by atoms with Crippen molar-refractivity contribution in [3.63, 3.8) is 0 Å². The molecule has 7 rings (SSSR count). The van der Waals surface area contributed by atoms with Crippen molar-refractivity contribution in [1.29, 1.82) is 0 Å². The van der Waals surface area contributed by atoms with Gasteiger partial charge in [-0.25, -0.2) is 4.98 Å². The first-order valence-corrected chi connectivity index (χ1v) is 12.3. The number of aryl methyl sites for hydroxylation is 1. The summed E-state index contributed by atoms with van der Waals surface area (Å²) >= 11 is 0. The number of rotatable bonds is 4. The second kappa shape index (κ2) is 7.20. The zero-order chi connectivity index (χ0) is 23.8. The molecule has 0 unspecified atom stereocenters. The Bertz CT molecular complexity index is 1580. The van der Waals surface area contributed by atoms with E-state index < -0.39 is 11.1 Å². The summed E-state index contributed by atoms with van der Waals surface area (Å²) < 4.78 is 2.05. The van der Waals surface area contributed by atoms with Gasteiger partial charge < -0.3 is 10.8 Å². The van der Waals surface area contributed by atoms with Gasteiger partial charge in [0, 0.05) is 16.7 Å². The normalized spacial score (nSPS) is 24.1. The molecule has 6 nitrogen and oxygen atoms in total. The minimum atomic E-state index is -0.570. The van der Waals surface area contributed by atoms with Crippen molar-refractivity contribution in [2.24, 2.45) is 11.7 Å². The Morgan fingerprint density at radius 2 is 1.66 bits per heavy atom. The van der Waals surface area contributed by atoms with Crippen LogP contribution in [-0.2, 0) is 5.54 Å². The second-order valence-electron chi connectivity index (χ2n) is 10.4. The highest BCUT2D eigenvalue weighted by Crippen LogP contribution is 2.57. The monoisotopic (exact) mass is 461 g/mol. The van der Waals surface area contributed by atoms with E-state index in [1.165, 1.54) is 0 Å². The fourth-order valence-electron chi connectivity index (χ4n) is 5.93. The summed E-state index contributed by atoms with van der Waals surface area (Å²) in [6, 6.07) is 24.9. The third-order valence-corrected chi connectivity index (χ3v) is 7.91. The molecule has 5 aromatic rings. The summed E-state index contributed by atoms with van der Waals surface area (Å²) in [5, 5.41) is 19.4. The highest BCUT2D eigenvalue weighted by atomic mass is 16.3.